The second-order valence-corrected chi connectivity index (χ2v) is 4.06. The molecule has 0 fully saturated rings. The third kappa shape index (κ3) is 2.08. The molecule has 2 aromatic rings. The Balaban J connectivity index is 2.49. The Morgan fingerprint density at radius 2 is 1.81 bits per heavy atom. The van der Waals surface area contributed by atoms with Crippen molar-refractivity contribution in [3.05, 3.63) is 58.0 Å². The van der Waals surface area contributed by atoms with Gasteiger partial charge in [0.1, 0.15) is 11.8 Å². The first-order chi connectivity index (χ1) is 7.74. The first-order valence-corrected chi connectivity index (χ1v) is 5.43. The molecule has 3 N–H and O–H groups in total. The third-order valence-corrected chi connectivity index (χ3v) is 2.94. The smallest absolute Gasteiger partial charge is 0.126 e. The maximum Gasteiger partial charge on any atom is 0.126 e. The van der Waals surface area contributed by atoms with E-state index in [1.807, 2.05) is 6.07 Å². The van der Waals surface area contributed by atoms with Gasteiger partial charge in [0.25, 0.3) is 0 Å². The number of benzene rings is 1. The topological polar surface area (TPSA) is 51.2 Å². The molecule has 3 nitrogen and oxygen atoms in total. The predicted molar refractivity (Wildman–Crippen MR) is 64.3 cm³/mol. The lowest BCUT2D eigenvalue weighted by atomic mass is 10.1. The molecule has 84 valence electrons. The van der Waals surface area contributed by atoms with Gasteiger partial charge in [-0.1, -0.05) is 29.3 Å². The minimum Gasteiger partial charge on any atom is -0.467 e. The highest BCUT2D eigenvalue weighted by Gasteiger charge is 2.20. The average Bonchev–Trinajstić information content (AvgIpc) is 2.77. The molecular formula is C11H10Cl2N2O. The van der Waals surface area contributed by atoms with Crippen LogP contribution in [-0.2, 0) is 0 Å². The van der Waals surface area contributed by atoms with Crippen LogP contribution in [0.4, 0.5) is 0 Å². The van der Waals surface area contributed by atoms with Crippen molar-refractivity contribution in [2.75, 3.05) is 0 Å². The first kappa shape index (κ1) is 11.5. The molecule has 0 spiro atoms. The summed E-state index contributed by atoms with van der Waals surface area (Å²) in [5, 5.41) is 1.10. The predicted octanol–water partition coefficient (Wildman–Crippen LogP) is 3.14. The van der Waals surface area contributed by atoms with Crippen molar-refractivity contribution in [1.29, 1.82) is 0 Å². The highest BCUT2D eigenvalue weighted by atomic mass is 35.5. The van der Waals surface area contributed by atoms with Crippen LogP contribution >= 0.6 is 23.2 Å². The standard InChI is InChI=1S/C11H10Cl2N2O/c12-7-3-1-4-8(13)10(7)11(15-14)9-5-2-6-16-9/h1-6,11,15H,14H2. The van der Waals surface area contributed by atoms with Crippen molar-refractivity contribution in [3.63, 3.8) is 0 Å². The number of hydrazine groups is 1. The van der Waals surface area contributed by atoms with Gasteiger partial charge in [0.15, 0.2) is 0 Å². The van der Waals surface area contributed by atoms with Crippen molar-refractivity contribution in [1.82, 2.24) is 5.43 Å². The van der Waals surface area contributed by atoms with Crippen molar-refractivity contribution in [3.8, 4) is 0 Å². The van der Waals surface area contributed by atoms with Crippen LogP contribution in [0, 0.1) is 0 Å². The lowest BCUT2D eigenvalue weighted by molar-refractivity contribution is 0.452. The van der Waals surface area contributed by atoms with E-state index in [2.05, 4.69) is 5.43 Å². The fraction of sp³-hybridized carbons (Fsp3) is 0.0909. The van der Waals surface area contributed by atoms with Gasteiger partial charge >= 0.3 is 0 Å². The summed E-state index contributed by atoms with van der Waals surface area (Å²) in [6.45, 7) is 0. The van der Waals surface area contributed by atoms with E-state index in [0.29, 0.717) is 21.4 Å². The fourth-order valence-electron chi connectivity index (χ4n) is 1.55. The summed E-state index contributed by atoms with van der Waals surface area (Å²) in [5.74, 6) is 6.17. The molecule has 0 aliphatic heterocycles. The molecule has 0 amide bonds. The molecule has 0 saturated heterocycles. The molecule has 0 bridgehead atoms. The maximum absolute atomic E-state index is 6.10. The minimum absolute atomic E-state index is 0.351. The Morgan fingerprint density at radius 1 is 1.12 bits per heavy atom. The Hall–Kier alpha value is -1.00. The zero-order valence-corrected chi connectivity index (χ0v) is 9.79. The van der Waals surface area contributed by atoms with Crippen LogP contribution in [-0.4, -0.2) is 0 Å². The summed E-state index contributed by atoms with van der Waals surface area (Å²) in [7, 11) is 0. The number of rotatable bonds is 3. The van der Waals surface area contributed by atoms with E-state index >= 15 is 0 Å². The molecule has 2 rings (SSSR count). The normalized spacial score (nSPS) is 12.7. The third-order valence-electron chi connectivity index (χ3n) is 2.28. The highest BCUT2D eigenvalue weighted by molar-refractivity contribution is 6.36. The summed E-state index contributed by atoms with van der Waals surface area (Å²) in [6.07, 6.45) is 1.57. The first-order valence-electron chi connectivity index (χ1n) is 4.67. The van der Waals surface area contributed by atoms with Gasteiger partial charge in [0.2, 0.25) is 0 Å². The van der Waals surface area contributed by atoms with Gasteiger partial charge in [-0.3, -0.25) is 5.84 Å². The monoisotopic (exact) mass is 256 g/mol. The maximum atomic E-state index is 6.10. The molecule has 1 unspecified atom stereocenters. The van der Waals surface area contributed by atoms with Crippen LogP contribution in [0.25, 0.3) is 0 Å². The zero-order valence-electron chi connectivity index (χ0n) is 8.28. The van der Waals surface area contributed by atoms with Gasteiger partial charge in [0.05, 0.1) is 6.26 Å². The molecule has 1 aromatic carbocycles. The number of halogens is 2. The SMILES string of the molecule is NNC(c1ccco1)c1c(Cl)cccc1Cl. The van der Waals surface area contributed by atoms with E-state index in [1.165, 1.54) is 0 Å². The molecule has 1 heterocycles. The number of nitrogens with two attached hydrogens (primary N) is 1. The van der Waals surface area contributed by atoms with Crippen LogP contribution in [0.5, 0.6) is 0 Å². The van der Waals surface area contributed by atoms with E-state index in [0.717, 1.165) is 0 Å². The number of furan rings is 1. The molecule has 0 saturated carbocycles. The largest absolute Gasteiger partial charge is 0.467 e. The van der Waals surface area contributed by atoms with E-state index in [-0.39, 0.29) is 6.04 Å². The quantitative estimate of drug-likeness (QED) is 0.656. The molecule has 0 aliphatic carbocycles. The summed E-state index contributed by atoms with van der Waals surface area (Å²) in [4.78, 5) is 0. The molecule has 16 heavy (non-hydrogen) atoms. The lowest BCUT2D eigenvalue weighted by Gasteiger charge is -2.16. The second kappa shape index (κ2) is 4.89. The second-order valence-electron chi connectivity index (χ2n) is 3.25. The number of hydrogen-bond donors (Lipinski definition) is 2. The van der Waals surface area contributed by atoms with Gasteiger partial charge in [-0.25, -0.2) is 5.43 Å². The molecule has 0 aliphatic rings. The van der Waals surface area contributed by atoms with E-state index in [4.69, 9.17) is 33.5 Å². The van der Waals surface area contributed by atoms with Crippen LogP contribution in [0.2, 0.25) is 10.0 Å². The molecule has 1 atom stereocenters. The Kier molecular flexibility index (Phi) is 3.51. The van der Waals surface area contributed by atoms with Crippen LogP contribution in [0.3, 0.4) is 0 Å². The van der Waals surface area contributed by atoms with Gasteiger partial charge < -0.3 is 4.42 Å². The van der Waals surface area contributed by atoms with Crippen molar-refractivity contribution >= 4 is 23.2 Å². The van der Waals surface area contributed by atoms with Crippen molar-refractivity contribution in [2.24, 2.45) is 5.84 Å². The average molecular weight is 257 g/mol. The molecule has 0 radical (unpaired) electrons. The summed E-state index contributed by atoms with van der Waals surface area (Å²) >= 11 is 12.2. The fourth-order valence-corrected chi connectivity index (χ4v) is 2.17. The van der Waals surface area contributed by atoms with E-state index in [9.17, 15) is 0 Å². The van der Waals surface area contributed by atoms with Crippen molar-refractivity contribution in [2.45, 2.75) is 6.04 Å². The Bertz CT molecular complexity index is 451. The van der Waals surface area contributed by atoms with Gasteiger partial charge in [-0.05, 0) is 24.3 Å². The summed E-state index contributed by atoms with van der Waals surface area (Å²) in [5.41, 5.74) is 3.35. The zero-order chi connectivity index (χ0) is 11.5. The molecule has 5 heteroatoms. The molecule has 1 aromatic heterocycles. The van der Waals surface area contributed by atoms with Gasteiger partial charge in [-0.2, -0.15) is 0 Å². The van der Waals surface area contributed by atoms with E-state index in [1.54, 1.807) is 30.5 Å². The van der Waals surface area contributed by atoms with Crippen molar-refractivity contribution < 1.29 is 4.42 Å². The summed E-state index contributed by atoms with van der Waals surface area (Å²) in [6, 6.07) is 8.54. The lowest BCUT2D eigenvalue weighted by Crippen LogP contribution is -2.29. The van der Waals surface area contributed by atoms with Gasteiger partial charge in [-0.15, -0.1) is 0 Å². The van der Waals surface area contributed by atoms with Crippen LogP contribution < -0.4 is 11.3 Å². The minimum atomic E-state index is -0.351. The Labute approximate surface area is 103 Å². The van der Waals surface area contributed by atoms with Gasteiger partial charge in [0, 0.05) is 15.6 Å². The van der Waals surface area contributed by atoms with E-state index < -0.39 is 0 Å². The number of nitrogens with one attached hydrogen (secondary N) is 1. The Morgan fingerprint density at radius 3 is 2.31 bits per heavy atom. The summed E-state index contributed by atoms with van der Waals surface area (Å²) < 4.78 is 5.29. The number of hydrogen-bond acceptors (Lipinski definition) is 3. The van der Waals surface area contributed by atoms with Crippen LogP contribution in [0.15, 0.2) is 41.0 Å². The highest BCUT2D eigenvalue weighted by Crippen LogP contribution is 2.33. The van der Waals surface area contributed by atoms with Crippen LogP contribution in [0.1, 0.15) is 17.4 Å². The molecular weight excluding hydrogens is 247 g/mol.